The molecule has 3 aliphatic heterocycles. The van der Waals surface area contributed by atoms with Gasteiger partial charge >= 0.3 is 0 Å². The Morgan fingerprint density at radius 1 is 1.30 bits per heavy atom. The fourth-order valence-corrected chi connectivity index (χ4v) is 4.46. The van der Waals surface area contributed by atoms with Crippen molar-refractivity contribution in [1.82, 2.24) is 9.55 Å². The minimum atomic E-state index is -0.742. The van der Waals surface area contributed by atoms with Crippen molar-refractivity contribution >= 4 is 10.9 Å². The van der Waals surface area contributed by atoms with Crippen molar-refractivity contribution in [1.29, 1.82) is 0 Å². The average molecular weight is 356 g/mol. The maximum absolute atomic E-state index is 13.2. The second-order valence-electron chi connectivity index (χ2n) is 7.25. The summed E-state index contributed by atoms with van der Waals surface area (Å²) in [5.74, 6) is 1.63. The fourth-order valence-electron chi connectivity index (χ4n) is 4.46. The van der Waals surface area contributed by atoms with E-state index in [-0.39, 0.29) is 5.56 Å². The van der Waals surface area contributed by atoms with Crippen LogP contribution in [0.15, 0.2) is 58.4 Å². The summed E-state index contributed by atoms with van der Waals surface area (Å²) >= 11 is 0. The van der Waals surface area contributed by atoms with Gasteiger partial charge in [-0.3, -0.25) is 9.36 Å². The summed E-state index contributed by atoms with van der Waals surface area (Å²) in [5.41, 5.74) is 6.69. The highest BCUT2D eigenvalue weighted by Crippen LogP contribution is 2.51. The molecule has 6 rings (SSSR count). The first-order valence-corrected chi connectivity index (χ1v) is 9.13. The number of ether oxygens (including phenoxy) is 2. The van der Waals surface area contributed by atoms with Crippen LogP contribution >= 0.6 is 0 Å². The van der Waals surface area contributed by atoms with Crippen LogP contribution in [-0.4, -0.2) is 9.55 Å². The van der Waals surface area contributed by atoms with E-state index in [1.807, 2.05) is 44.2 Å². The van der Waals surface area contributed by atoms with Crippen LogP contribution in [0.2, 0.25) is 0 Å². The number of hydrogen-bond acceptors (Lipinski definition) is 4. The van der Waals surface area contributed by atoms with E-state index < -0.39 is 5.60 Å². The molecular formula is C22H16N2O3. The lowest BCUT2D eigenvalue weighted by Gasteiger charge is -2.24. The smallest absolute Gasteiger partial charge is 0.294 e. The highest BCUT2D eigenvalue weighted by Gasteiger charge is 2.52. The molecule has 0 saturated carbocycles. The largest absolute Gasteiger partial charge is 0.470 e. The molecule has 5 heterocycles. The van der Waals surface area contributed by atoms with Gasteiger partial charge in [-0.15, -0.1) is 0 Å². The first-order chi connectivity index (χ1) is 13.1. The molecule has 0 bridgehead atoms. The summed E-state index contributed by atoms with van der Waals surface area (Å²) in [6.07, 6.45) is 0.667. The molecule has 0 N–H and O–H groups in total. The molecule has 3 aliphatic rings. The van der Waals surface area contributed by atoms with Crippen LogP contribution in [0, 0.1) is 0 Å². The Hall–Kier alpha value is -3.30. The molecule has 0 fully saturated rings. The van der Waals surface area contributed by atoms with E-state index >= 15 is 0 Å². The highest BCUT2D eigenvalue weighted by molar-refractivity contribution is 5.84. The predicted octanol–water partition coefficient (Wildman–Crippen LogP) is 3.84. The van der Waals surface area contributed by atoms with Crippen LogP contribution < -0.4 is 10.3 Å². The number of pyridine rings is 2. The van der Waals surface area contributed by atoms with E-state index in [1.165, 1.54) is 0 Å². The number of rotatable bonds is 1. The number of aromatic nitrogens is 2. The number of hydrogen-bond donors (Lipinski definition) is 0. The molecule has 0 aliphatic carbocycles. The van der Waals surface area contributed by atoms with Gasteiger partial charge in [0, 0.05) is 17.9 Å². The Labute approximate surface area is 155 Å². The molecule has 132 valence electrons. The first kappa shape index (κ1) is 14.8. The molecule has 0 radical (unpaired) electrons. The van der Waals surface area contributed by atoms with Crippen LogP contribution in [0.3, 0.4) is 0 Å². The van der Waals surface area contributed by atoms with Crippen molar-refractivity contribution in [2.24, 2.45) is 0 Å². The summed E-state index contributed by atoms with van der Waals surface area (Å²) in [6, 6.07) is 12.1. The Morgan fingerprint density at radius 2 is 2.15 bits per heavy atom. The van der Waals surface area contributed by atoms with Crippen molar-refractivity contribution in [2.45, 2.75) is 32.4 Å². The van der Waals surface area contributed by atoms with Crippen LogP contribution in [0.4, 0.5) is 0 Å². The standard InChI is InChI=1S/C22H16N2O3/c1-3-22-15-10-17-19-14(9-13-6-4-5-7-16(13)23-19)11-24(17)21(25)20(15)26-18(22)8-12(2)27-22/h4-7,9-10H,3,11H2,1-2H3. The second kappa shape index (κ2) is 4.70. The van der Waals surface area contributed by atoms with Crippen LogP contribution in [0.25, 0.3) is 22.3 Å². The zero-order valence-corrected chi connectivity index (χ0v) is 15.0. The maximum atomic E-state index is 13.2. The number of nitrogens with zero attached hydrogens (tertiary/aromatic N) is 2. The Kier molecular flexibility index (Phi) is 2.58. The van der Waals surface area contributed by atoms with E-state index in [2.05, 4.69) is 11.8 Å². The van der Waals surface area contributed by atoms with Gasteiger partial charge in [-0.05, 0) is 30.4 Å². The molecule has 1 unspecified atom stereocenters. The van der Waals surface area contributed by atoms with Crippen molar-refractivity contribution < 1.29 is 9.47 Å². The van der Waals surface area contributed by atoms with Gasteiger partial charge in [0.15, 0.2) is 5.76 Å². The van der Waals surface area contributed by atoms with Crippen LogP contribution in [-0.2, 0) is 16.9 Å². The van der Waals surface area contributed by atoms with E-state index in [0.717, 1.165) is 33.4 Å². The highest BCUT2D eigenvalue weighted by atomic mass is 16.6. The first-order valence-electron chi connectivity index (χ1n) is 9.13. The molecule has 2 aromatic heterocycles. The minimum Gasteiger partial charge on any atom is -0.470 e. The molecule has 0 saturated heterocycles. The molecule has 5 heteroatoms. The molecule has 1 aromatic carbocycles. The summed E-state index contributed by atoms with van der Waals surface area (Å²) in [5, 5.41) is 1.08. The Morgan fingerprint density at radius 3 is 3.00 bits per heavy atom. The van der Waals surface area contributed by atoms with Crippen molar-refractivity contribution in [3.63, 3.8) is 0 Å². The van der Waals surface area contributed by atoms with Gasteiger partial charge in [-0.25, -0.2) is 4.98 Å². The summed E-state index contributed by atoms with van der Waals surface area (Å²) in [7, 11) is 0. The summed E-state index contributed by atoms with van der Waals surface area (Å²) in [4.78, 5) is 18.0. The van der Waals surface area contributed by atoms with Gasteiger partial charge in [0.25, 0.3) is 5.56 Å². The topological polar surface area (TPSA) is 53.4 Å². The number of para-hydroxylation sites is 1. The summed E-state index contributed by atoms with van der Waals surface area (Å²) < 4.78 is 13.8. The lowest BCUT2D eigenvalue weighted by molar-refractivity contribution is 0.0313. The normalized spacial score (nSPS) is 21.0. The third kappa shape index (κ3) is 1.70. The van der Waals surface area contributed by atoms with Gasteiger partial charge in [0.1, 0.15) is 5.76 Å². The SMILES string of the molecule is CCC12OC(C)=C=C1Oc1c2cc2n(c1=O)Cc1cc3ccccc3nc1-2. The molecular weight excluding hydrogens is 340 g/mol. The lowest BCUT2D eigenvalue weighted by Crippen LogP contribution is -2.26. The van der Waals surface area contributed by atoms with Crippen molar-refractivity contribution in [3.05, 3.63) is 75.1 Å². The monoisotopic (exact) mass is 356 g/mol. The maximum Gasteiger partial charge on any atom is 0.294 e. The fraction of sp³-hybridized carbons (Fsp3) is 0.227. The third-order valence-corrected chi connectivity index (χ3v) is 5.75. The van der Waals surface area contributed by atoms with Gasteiger partial charge in [-0.2, -0.15) is 0 Å². The average Bonchev–Trinajstić information content (AvgIpc) is 3.28. The van der Waals surface area contributed by atoms with Gasteiger partial charge < -0.3 is 9.47 Å². The lowest BCUT2D eigenvalue weighted by atomic mass is 9.91. The second-order valence-corrected chi connectivity index (χ2v) is 7.25. The van der Waals surface area contributed by atoms with Crippen LogP contribution in [0.5, 0.6) is 5.75 Å². The molecule has 0 amide bonds. The van der Waals surface area contributed by atoms with Crippen molar-refractivity contribution in [3.8, 4) is 17.1 Å². The van der Waals surface area contributed by atoms with Crippen molar-refractivity contribution in [2.75, 3.05) is 0 Å². The zero-order chi connectivity index (χ0) is 18.3. The minimum absolute atomic E-state index is 0.137. The van der Waals surface area contributed by atoms with E-state index in [4.69, 9.17) is 14.5 Å². The van der Waals surface area contributed by atoms with E-state index in [9.17, 15) is 4.79 Å². The molecule has 5 nitrogen and oxygen atoms in total. The van der Waals surface area contributed by atoms with Crippen LogP contribution in [0.1, 0.15) is 31.4 Å². The number of benzene rings is 1. The zero-order valence-electron chi connectivity index (χ0n) is 15.0. The Bertz CT molecular complexity index is 1310. The predicted molar refractivity (Wildman–Crippen MR) is 100 cm³/mol. The number of fused-ring (bicyclic) bond motifs is 7. The van der Waals surface area contributed by atoms with Gasteiger partial charge in [-0.1, -0.05) is 25.1 Å². The molecule has 27 heavy (non-hydrogen) atoms. The quantitative estimate of drug-likeness (QED) is 0.486. The van der Waals surface area contributed by atoms with Gasteiger partial charge in [0.2, 0.25) is 11.4 Å². The molecule has 0 spiro atoms. The van der Waals surface area contributed by atoms with E-state index in [1.54, 1.807) is 4.57 Å². The van der Waals surface area contributed by atoms with Gasteiger partial charge in [0.05, 0.1) is 29.0 Å². The van der Waals surface area contributed by atoms with E-state index in [0.29, 0.717) is 30.2 Å². The molecule has 1 atom stereocenters. The molecule has 3 aromatic rings. The third-order valence-electron chi connectivity index (χ3n) is 5.75. The summed E-state index contributed by atoms with van der Waals surface area (Å²) in [6.45, 7) is 4.39. The Balaban J connectivity index is 1.64.